The molecule has 118 valence electrons. The molecular weight excluding hydrogens is 269 g/mol. The molecular formula is C16H26FN3O. The van der Waals surface area contributed by atoms with Crippen LogP contribution in [0.4, 0.5) is 4.39 Å². The van der Waals surface area contributed by atoms with Crippen molar-refractivity contribution >= 4 is 5.91 Å². The molecule has 4 nitrogen and oxygen atoms in total. The van der Waals surface area contributed by atoms with Gasteiger partial charge in [-0.1, -0.05) is 39.0 Å². The highest BCUT2D eigenvalue weighted by molar-refractivity contribution is 5.76. The maximum Gasteiger partial charge on any atom is 0.231 e. The van der Waals surface area contributed by atoms with Crippen molar-refractivity contribution in [1.82, 2.24) is 4.90 Å². The largest absolute Gasteiger partial charge is 0.369 e. The summed E-state index contributed by atoms with van der Waals surface area (Å²) in [5.74, 6) is -0.410. The fourth-order valence-corrected chi connectivity index (χ4v) is 2.58. The molecule has 1 rings (SSSR count). The number of benzene rings is 1. The molecule has 0 heterocycles. The van der Waals surface area contributed by atoms with Gasteiger partial charge in [-0.2, -0.15) is 0 Å². The maximum atomic E-state index is 14.2. The average molecular weight is 295 g/mol. The topological polar surface area (TPSA) is 72.3 Å². The van der Waals surface area contributed by atoms with Crippen LogP contribution in [0.15, 0.2) is 24.3 Å². The highest BCUT2D eigenvalue weighted by Crippen LogP contribution is 2.27. The van der Waals surface area contributed by atoms with Gasteiger partial charge in [0.15, 0.2) is 0 Å². The Kier molecular flexibility index (Phi) is 6.78. The van der Waals surface area contributed by atoms with E-state index in [1.54, 1.807) is 18.2 Å². The van der Waals surface area contributed by atoms with E-state index in [-0.39, 0.29) is 24.4 Å². The first kappa shape index (κ1) is 17.6. The first-order valence-corrected chi connectivity index (χ1v) is 7.39. The predicted molar refractivity (Wildman–Crippen MR) is 83.0 cm³/mol. The minimum absolute atomic E-state index is 0.0743. The molecule has 0 aromatic heterocycles. The summed E-state index contributed by atoms with van der Waals surface area (Å²) >= 11 is 0. The molecule has 5 heteroatoms. The van der Waals surface area contributed by atoms with Crippen LogP contribution in [0.5, 0.6) is 0 Å². The van der Waals surface area contributed by atoms with E-state index in [0.29, 0.717) is 24.4 Å². The zero-order valence-corrected chi connectivity index (χ0v) is 13.1. The van der Waals surface area contributed by atoms with E-state index in [0.717, 1.165) is 0 Å². The third-order valence-corrected chi connectivity index (χ3v) is 3.45. The van der Waals surface area contributed by atoms with Crippen molar-refractivity contribution in [2.45, 2.75) is 39.3 Å². The standard InChI is InChI=1S/C16H26FN3O/c1-4-14(18)16(12-7-5-6-8-13(12)17)20(9-11(2)3)10-15(19)21/h5-8,11,14,16H,4,9-10,18H2,1-3H3,(H2,19,21). The van der Waals surface area contributed by atoms with E-state index in [9.17, 15) is 9.18 Å². The number of hydrogen-bond acceptors (Lipinski definition) is 3. The zero-order chi connectivity index (χ0) is 16.0. The molecule has 1 aromatic rings. The number of nitrogens with zero attached hydrogens (tertiary/aromatic N) is 1. The quantitative estimate of drug-likeness (QED) is 0.771. The Morgan fingerprint density at radius 3 is 2.43 bits per heavy atom. The number of carbonyl (C=O) groups excluding carboxylic acids is 1. The molecule has 1 amide bonds. The van der Waals surface area contributed by atoms with Gasteiger partial charge in [0.1, 0.15) is 5.82 Å². The molecule has 0 aliphatic heterocycles. The Labute approximate surface area is 126 Å². The first-order chi connectivity index (χ1) is 9.86. The van der Waals surface area contributed by atoms with Crippen LogP contribution < -0.4 is 11.5 Å². The fourth-order valence-electron chi connectivity index (χ4n) is 2.58. The Hall–Kier alpha value is -1.46. The summed E-state index contributed by atoms with van der Waals surface area (Å²) in [6.07, 6.45) is 0.687. The SMILES string of the molecule is CCC(N)C(c1ccccc1F)N(CC(N)=O)CC(C)C. The second kappa shape index (κ2) is 8.10. The van der Waals surface area contributed by atoms with Crippen molar-refractivity contribution in [2.24, 2.45) is 17.4 Å². The van der Waals surface area contributed by atoms with Gasteiger partial charge in [0.25, 0.3) is 0 Å². The number of nitrogens with two attached hydrogens (primary N) is 2. The van der Waals surface area contributed by atoms with Gasteiger partial charge < -0.3 is 11.5 Å². The molecule has 0 saturated carbocycles. The Balaban J connectivity index is 3.19. The van der Waals surface area contributed by atoms with Crippen LogP contribution in [-0.4, -0.2) is 29.9 Å². The van der Waals surface area contributed by atoms with Crippen molar-refractivity contribution in [2.75, 3.05) is 13.1 Å². The van der Waals surface area contributed by atoms with E-state index in [1.165, 1.54) is 6.07 Å². The third-order valence-electron chi connectivity index (χ3n) is 3.45. The number of amides is 1. The van der Waals surface area contributed by atoms with Crippen molar-refractivity contribution < 1.29 is 9.18 Å². The minimum atomic E-state index is -0.430. The number of halogens is 1. The van der Waals surface area contributed by atoms with Gasteiger partial charge in [-0.25, -0.2) is 4.39 Å². The van der Waals surface area contributed by atoms with Crippen LogP contribution >= 0.6 is 0 Å². The number of carbonyl (C=O) groups is 1. The predicted octanol–water partition coefficient (Wildman–Crippen LogP) is 2.05. The van der Waals surface area contributed by atoms with E-state index in [2.05, 4.69) is 0 Å². The van der Waals surface area contributed by atoms with Crippen molar-refractivity contribution in [3.05, 3.63) is 35.6 Å². The summed E-state index contributed by atoms with van der Waals surface area (Å²) in [4.78, 5) is 13.3. The summed E-state index contributed by atoms with van der Waals surface area (Å²) in [5, 5.41) is 0. The van der Waals surface area contributed by atoms with Crippen LogP contribution in [0.2, 0.25) is 0 Å². The Morgan fingerprint density at radius 2 is 1.95 bits per heavy atom. The van der Waals surface area contributed by atoms with E-state index in [4.69, 9.17) is 11.5 Å². The van der Waals surface area contributed by atoms with Crippen LogP contribution in [0, 0.1) is 11.7 Å². The fraction of sp³-hybridized carbons (Fsp3) is 0.562. The lowest BCUT2D eigenvalue weighted by molar-refractivity contribution is -0.120. The van der Waals surface area contributed by atoms with Crippen LogP contribution in [0.1, 0.15) is 38.8 Å². The monoisotopic (exact) mass is 295 g/mol. The van der Waals surface area contributed by atoms with Gasteiger partial charge in [-0.3, -0.25) is 9.69 Å². The number of primary amides is 1. The average Bonchev–Trinajstić information content (AvgIpc) is 2.39. The highest BCUT2D eigenvalue weighted by Gasteiger charge is 2.29. The molecule has 0 bridgehead atoms. The van der Waals surface area contributed by atoms with Gasteiger partial charge in [0.2, 0.25) is 5.91 Å². The Bertz CT molecular complexity index is 465. The molecule has 1 aromatic carbocycles. The third kappa shape index (κ3) is 5.10. The summed E-state index contributed by atoms with van der Waals surface area (Å²) in [5.41, 5.74) is 12.1. The van der Waals surface area contributed by atoms with E-state index < -0.39 is 5.91 Å². The summed E-state index contributed by atoms with van der Waals surface area (Å²) < 4.78 is 14.2. The van der Waals surface area contributed by atoms with Gasteiger partial charge in [0.05, 0.1) is 12.6 Å². The first-order valence-electron chi connectivity index (χ1n) is 7.39. The molecule has 0 fully saturated rings. The van der Waals surface area contributed by atoms with E-state index in [1.807, 2.05) is 25.7 Å². The van der Waals surface area contributed by atoms with Gasteiger partial charge in [-0.15, -0.1) is 0 Å². The lowest BCUT2D eigenvalue weighted by atomic mass is 9.94. The van der Waals surface area contributed by atoms with Crippen LogP contribution in [-0.2, 0) is 4.79 Å². The van der Waals surface area contributed by atoms with Crippen molar-refractivity contribution in [3.8, 4) is 0 Å². The smallest absolute Gasteiger partial charge is 0.231 e. The molecule has 2 unspecified atom stereocenters. The van der Waals surface area contributed by atoms with Gasteiger partial charge in [-0.05, 0) is 18.4 Å². The summed E-state index contributed by atoms with van der Waals surface area (Å²) in [6, 6.07) is 5.96. The summed E-state index contributed by atoms with van der Waals surface area (Å²) in [6.45, 7) is 6.75. The molecule has 21 heavy (non-hydrogen) atoms. The molecule has 0 spiro atoms. The van der Waals surface area contributed by atoms with Crippen LogP contribution in [0.3, 0.4) is 0 Å². The normalized spacial score (nSPS) is 14.4. The summed E-state index contributed by atoms with van der Waals surface area (Å²) in [7, 11) is 0. The van der Waals surface area contributed by atoms with Crippen LogP contribution in [0.25, 0.3) is 0 Å². The van der Waals surface area contributed by atoms with Crippen molar-refractivity contribution in [1.29, 1.82) is 0 Å². The van der Waals surface area contributed by atoms with Gasteiger partial charge >= 0.3 is 0 Å². The highest BCUT2D eigenvalue weighted by atomic mass is 19.1. The zero-order valence-electron chi connectivity index (χ0n) is 13.1. The minimum Gasteiger partial charge on any atom is -0.369 e. The molecule has 0 saturated heterocycles. The molecule has 0 radical (unpaired) electrons. The maximum absolute atomic E-state index is 14.2. The van der Waals surface area contributed by atoms with E-state index >= 15 is 0 Å². The molecule has 0 aliphatic rings. The number of rotatable bonds is 8. The van der Waals surface area contributed by atoms with Gasteiger partial charge in [0, 0.05) is 18.2 Å². The molecule has 0 aliphatic carbocycles. The molecule has 2 atom stereocenters. The Morgan fingerprint density at radius 1 is 1.33 bits per heavy atom. The lowest BCUT2D eigenvalue weighted by Gasteiger charge is -2.36. The van der Waals surface area contributed by atoms with Crippen molar-refractivity contribution in [3.63, 3.8) is 0 Å². The second-order valence-corrected chi connectivity index (χ2v) is 5.83. The second-order valence-electron chi connectivity index (χ2n) is 5.83. The number of hydrogen-bond donors (Lipinski definition) is 2. The molecule has 4 N–H and O–H groups in total. The lowest BCUT2D eigenvalue weighted by Crippen LogP contribution is -2.46.